The lowest BCUT2D eigenvalue weighted by atomic mass is 10.2. The lowest BCUT2D eigenvalue weighted by Gasteiger charge is -2.08. The molecule has 0 fully saturated rings. The van der Waals surface area contributed by atoms with Gasteiger partial charge in [-0.25, -0.2) is 0 Å². The molecule has 5 heteroatoms. The number of rotatable bonds is 5. The summed E-state index contributed by atoms with van der Waals surface area (Å²) in [5.74, 6) is 0.883. The molecular weight excluding hydrogens is 378 g/mol. The summed E-state index contributed by atoms with van der Waals surface area (Å²) >= 11 is 8.77. The molecule has 1 aromatic heterocycles. The van der Waals surface area contributed by atoms with E-state index in [0.29, 0.717) is 0 Å². The Morgan fingerprint density at radius 2 is 2.00 bits per heavy atom. The van der Waals surface area contributed by atoms with Gasteiger partial charge in [0.05, 0.1) is 10.9 Å². The molecule has 1 aromatic carbocycles. The largest absolute Gasteiger partial charge is 0.497 e. The van der Waals surface area contributed by atoms with Gasteiger partial charge in [-0.05, 0) is 51.8 Å². The zero-order valence-electron chi connectivity index (χ0n) is 9.87. The summed E-state index contributed by atoms with van der Waals surface area (Å²) in [5, 5.41) is 3.43. The Morgan fingerprint density at radius 1 is 1.17 bits per heavy atom. The summed E-state index contributed by atoms with van der Waals surface area (Å²) < 4.78 is 7.49. The third-order valence-electron chi connectivity index (χ3n) is 2.50. The molecule has 0 spiro atoms. The SMILES string of the molecule is COc1ccc(Br)c(CNCc2ccc(Br)s2)c1. The van der Waals surface area contributed by atoms with E-state index in [1.54, 1.807) is 18.4 Å². The van der Waals surface area contributed by atoms with Crippen LogP contribution in [0.4, 0.5) is 0 Å². The van der Waals surface area contributed by atoms with Gasteiger partial charge in [-0.15, -0.1) is 11.3 Å². The number of thiophene rings is 1. The standard InChI is InChI=1S/C13H13Br2NOS/c1-17-10-2-4-12(14)9(6-10)7-16-8-11-3-5-13(15)18-11/h2-6,16H,7-8H2,1H3. The number of halogens is 2. The molecule has 2 rings (SSSR count). The molecule has 96 valence electrons. The maximum Gasteiger partial charge on any atom is 0.119 e. The average molecular weight is 391 g/mol. The highest BCUT2D eigenvalue weighted by Gasteiger charge is 2.03. The predicted molar refractivity (Wildman–Crippen MR) is 83.3 cm³/mol. The van der Waals surface area contributed by atoms with Gasteiger partial charge in [-0.1, -0.05) is 15.9 Å². The van der Waals surface area contributed by atoms with Crippen molar-refractivity contribution < 1.29 is 4.74 Å². The molecule has 18 heavy (non-hydrogen) atoms. The number of hydrogen-bond acceptors (Lipinski definition) is 3. The summed E-state index contributed by atoms with van der Waals surface area (Å²) in [6.45, 7) is 1.69. The molecule has 1 N–H and O–H groups in total. The average Bonchev–Trinajstić information content (AvgIpc) is 2.77. The summed E-state index contributed by atoms with van der Waals surface area (Å²) in [6, 6.07) is 10.2. The van der Waals surface area contributed by atoms with E-state index in [-0.39, 0.29) is 0 Å². The van der Waals surface area contributed by atoms with Crippen LogP contribution in [0.3, 0.4) is 0 Å². The molecule has 0 aliphatic carbocycles. The zero-order valence-corrected chi connectivity index (χ0v) is 13.9. The van der Waals surface area contributed by atoms with E-state index in [1.807, 2.05) is 18.2 Å². The predicted octanol–water partition coefficient (Wildman–Crippen LogP) is 4.57. The molecule has 0 amide bonds. The molecule has 2 nitrogen and oxygen atoms in total. The molecule has 0 bridgehead atoms. The first-order chi connectivity index (χ1) is 8.69. The lowest BCUT2D eigenvalue weighted by Crippen LogP contribution is -2.12. The van der Waals surface area contributed by atoms with Crippen molar-refractivity contribution in [3.8, 4) is 5.75 Å². The van der Waals surface area contributed by atoms with Gasteiger partial charge < -0.3 is 10.1 Å². The van der Waals surface area contributed by atoms with Crippen molar-refractivity contribution >= 4 is 43.2 Å². The molecule has 1 heterocycles. The summed E-state index contributed by atoms with van der Waals surface area (Å²) in [4.78, 5) is 1.32. The van der Waals surface area contributed by atoms with Gasteiger partial charge in [0, 0.05) is 22.4 Å². The van der Waals surface area contributed by atoms with Crippen LogP contribution >= 0.6 is 43.2 Å². The number of methoxy groups -OCH3 is 1. The Kier molecular flexibility index (Phi) is 5.24. The van der Waals surface area contributed by atoms with Gasteiger partial charge in [0.2, 0.25) is 0 Å². The molecule has 0 saturated carbocycles. The van der Waals surface area contributed by atoms with Crippen LogP contribution in [-0.4, -0.2) is 7.11 Å². The van der Waals surface area contributed by atoms with Crippen LogP contribution < -0.4 is 10.1 Å². The molecule has 0 atom stereocenters. The molecule has 0 aliphatic rings. The highest BCUT2D eigenvalue weighted by molar-refractivity contribution is 9.11. The van der Waals surface area contributed by atoms with E-state index in [4.69, 9.17) is 4.74 Å². The van der Waals surface area contributed by atoms with Gasteiger partial charge in [0.25, 0.3) is 0 Å². The van der Waals surface area contributed by atoms with Crippen molar-refractivity contribution in [3.63, 3.8) is 0 Å². The normalized spacial score (nSPS) is 10.6. The van der Waals surface area contributed by atoms with Crippen molar-refractivity contribution in [2.75, 3.05) is 7.11 Å². The van der Waals surface area contributed by atoms with E-state index in [1.165, 1.54) is 14.2 Å². The molecule has 0 saturated heterocycles. The third kappa shape index (κ3) is 3.82. The second kappa shape index (κ2) is 6.70. The van der Waals surface area contributed by atoms with Crippen LogP contribution in [0.25, 0.3) is 0 Å². The van der Waals surface area contributed by atoms with E-state index >= 15 is 0 Å². The van der Waals surface area contributed by atoms with Gasteiger partial charge >= 0.3 is 0 Å². The first kappa shape index (κ1) is 14.1. The number of benzene rings is 1. The molecule has 0 unspecified atom stereocenters. The van der Waals surface area contributed by atoms with Crippen molar-refractivity contribution in [1.29, 1.82) is 0 Å². The van der Waals surface area contributed by atoms with Gasteiger partial charge in [-0.2, -0.15) is 0 Å². The maximum atomic E-state index is 5.23. The topological polar surface area (TPSA) is 21.3 Å². The monoisotopic (exact) mass is 389 g/mol. The zero-order chi connectivity index (χ0) is 13.0. The van der Waals surface area contributed by atoms with Crippen LogP contribution in [0.2, 0.25) is 0 Å². The van der Waals surface area contributed by atoms with Crippen molar-refractivity contribution in [2.24, 2.45) is 0 Å². The van der Waals surface area contributed by atoms with E-state index in [9.17, 15) is 0 Å². The van der Waals surface area contributed by atoms with Crippen LogP contribution in [-0.2, 0) is 13.1 Å². The van der Waals surface area contributed by atoms with Crippen LogP contribution in [0, 0.1) is 0 Å². The minimum Gasteiger partial charge on any atom is -0.497 e. The van der Waals surface area contributed by atoms with Crippen molar-refractivity contribution in [2.45, 2.75) is 13.1 Å². The number of hydrogen-bond donors (Lipinski definition) is 1. The van der Waals surface area contributed by atoms with E-state index < -0.39 is 0 Å². The van der Waals surface area contributed by atoms with Crippen molar-refractivity contribution in [1.82, 2.24) is 5.32 Å². The Hall–Kier alpha value is -0.360. The second-order valence-electron chi connectivity index (χ2n) is 3.77. The molecular formula is C13H13Br2NOS. The Balaban J connectivity index is 1.93. The Morgan fingerprint density at radius 3 is 2.67 bits per heavy atom. The summed E-state index contributed by atoms with van der Waals surface area (Å²) in [7, 11) is 1.68. The first-order valence-corrected chi connectivity index (χ1v) is 7.86. The molecule has 2 aromatic rings. The highest BCUT2D eigenvalue weighted by Crippen LogP contribution is 2.24. The van der Waals surface area contributed by atoms with Crippen LogP contribution in [0.5, 0.6) is 5.75 Å². The molecule has 0 radical (unpaired) electrons. The number of ether oxygens (including phenoxy) is 1. The fourth-order valence-corrected chi connectivity index (χ4v) is 3.42. The summed E-state index contributed by atoms with van der Waals surface area (Å²) in [6.07, 6.45) is 0. The van der Waals surface area contributed by atoms with E-state index in [2.05, 4.69) is 49.3 Å². The second-order valence-corrected chi connectivity index (χ2v) is 7.17. The highest BCUT2D eigenvalue weighted by atomic mass is 79.9. The number of nitrogens with one attached hydrogen (secondary N) is 1. The Bertz CT molecular complexity index is 527. The fourth-order valence-electron chi connectivity index (χ4n) is 1.58. The minimum absolute atomic E-state index is 0.813. The van der Waals surface area contributed by atoms with Crippen LogP contribution in [0.15, 0.2) is 38.6 Å². The maximum absolute atomic E-state index is 5.23. The lowest BCUT2D eigenvalue weighted by molar-refractivity contribution is 0.414. The van der Waals surface area contributed by atoms with Crippen molar-refractivity contribution in [3.05, 3.63) is 49.0 Å². The van der Waals surface area contributed by atoms with Gasteiger partial charge in [-0.3, -0.25) is 0 Å². The van der Waals surface area contributed by atoms with Crippen LogP contribution in [0.1, 0.15) is 10.4 Å². The Labute approximate surface area is 128 Å². The quantitative estimate of drug-likeness (QED) is 0.807. The smallest absolute Gasteiger partial charge is 0.119 e. The van der Waals surface area contributed by atoms with E-state index in [0.717, 1.165) is 23.3 Å². The fraction of sp³-hybridized carbons (Fsp3) is 0.231. The molecule has 0 aliphatic heterocycles. The van der Waals surface area contributed by atoms with Gasteiger partial charge in [0.15, 0.2) is 0 Å². The van der Waals surface area contributed by atoms with Gasteiger partial charge in [0.1, 0.15) is 5.75 Å². The first-order valence-electron chi connectivity index (χ1n) is 5.46. The minimum atomic E-state index is 0.813. The third-order valence-corrected chi connectivity index (χ3v) is 4.89. The summed E-state index contributed by atoms with van der Waals surface area (Å²) in [5.41, 5.74) is 1.20.